The van der Waals surface area contributed by atoms with Crippen LogP contribution in [0.3, 0.4) is 0 Å². The number of nitrogens with two attached hydrogens (primary N) is 1. The van der Waals surface area contributed by atoms with E-state index in [1.54, 1.807) is 0 Å². The van der Waals surface area contributed by atoms with Gasteiger partial charge in [0.05, 0.1) is 5.54 Å². The molecule has 0 saturated heterocycles. The molecule has 0 heterocycles. The predicted octanol–water partition coefficient (Wildman–Crippen LogP) is 3.26. The smallest absolute Gasteiger partial charge is 0.240 e. The van der Waals surface area contributed by atoms with Crippen molar-refractivity contribution >= 4 is 30.7 Å². The second-order valence-electron chi connectivity index (χ2n) is 6.87. The van der Waals surface area contributed by atoms with Gasteiger partial charge in [0.15, 0.2) is 0 Å². The summed E-state index contributed by atoms with van der Waals surface area (Å²) >= 11 is 0. The monoisotopic (exact) mass is 375 g/mol. The summed E-state index contributed by atoms with van der Waals surface area (Å²) in [5, 5.41) is 3.01. The summed E-state index contributed by atoms with van der Waals surface area (Å²) in [6.45, 7) is 5.84. The van der Waals surface area contributed by atoms with Crippen molar-refractivity contribution in [3.8, 4) is 0 Å². The fourth-order valence-corrected chi connectivity index (χ4v) is 2.90. The highest BCUT2D eigenvalue weighted by Crippen LogP contribution is 2.27. The van der Waals surface area contributed by atoms with E-state index < -0.39 is 5.54 Å². The van der Waals surface area contributed by atoms with Crippen LogP contribution < -0.4 is 11.1 Å². The molecule has 0 atom stereocenters. The number of nitrogens with one attached hydrogen (secondary N) is 1. The largest absolute Gasteiger partial charge is 0.350 e. The summed E-state index contributed by atoms with van der Waals surface area (Å²) in [4.78, 5) is 14.5. The number of rotatable bonds is 6. The van der Waals surface area contributed by atoms with Gasteiger partial charge in [0, 0.05) is 19.1 Å². The maximum atomic E-state index is 12.2. The Morgan fingerprint density at radius 3 is 2.42 bits per heavy atom. The second kappa shape index (κ2) is 10.2. The fourth-order valence-electron chi connectivity index (χ4n) is 2.90. The molecule has 0 spiro atoms. The van der Waals surface area contributed by atoms with Crippen LogP contribution in [-0.4, -0.2) is 29.4 Å². The molecule has 1 saturated carbocycles. The molecular weight excluding hydrogens is 345 g/mol. The zero-order valence-electron chi connectivity index (χ0n) is 14.9. The number of carbonyl (C=O) groups excluding carboxylic acids is 1. The van der Waals surface area contributed by atoms with E-state index in [0.717, 1.165) is 37.8 Å². The van der Waals surface area contributed by atoms with Gasteiger partial charge < -0.3 is 11.1 Å². The SMILES string of the molecule is CC(C)N(C)Cc1cccc(CNC(=O)C2(N)CCCC2)c1.Cl.Cl. The average Bonchev–Trinajstić information content (AvgIpc) is 2.93. The second-order valence-corrected chi connectivity index (χ2v) is 6.87. The van der Waals surface area contributed by atoms with Crippen molar-refractivity contribution in [2.24, 2.45) is 5.73 Å². The summed E-state index contributed by atoms with van der Waals surface area (Å²) < 4.78 is 0. The molecule has 2 rings (SSSR count). The van der Waals surface area contributed by atoms with E-state index in [4.69, 9.17) is 5.73 Å². The molecule has 24 heavy (non-hydrogen) atoms. The lowest BCUT2D eigenvalue weighted by Crippen LogP contribution is -2.51. The molecule has 0 unspecified atom stereocenters. The molecule has 4 nitrogen and oxygen atoms in total. The van der Waals surface area contributed by atoms with E-state index in [1.165, 1.54) is 5.56 Å². The van der Waals surface area contributed by atoms with Crippen molar-refractivity contribution in [1.29, 1.82) is 0 Å². The van der Waals surface area contributed by atoms with Gasteiger partial charge in [0.1, 0.15) is 0 Å². The van der Waals surface area contributed by atoms with Gasteiger partial charge in [-0.25, -0.2) is 0 Å². The van der Waals surface area contributed by atoms with Gasteiger partial charge in [-0.1, -0.05) is 37.1 Å². The highest BCUT2D eigenvalue weighted by Gasteiger charge is 2.36. The number of benzene rings is 1. The molecule has 1 aliphatic rings. The Balaban J connectivity index is 0.00000264. The van der Waals surface area contributed by atoms with Crippen molar-refractivity contribution in [3.63, 3.8) is 0 Å². The maximum absolute atomic E-state index is 12.2. The minimum Gasteiger partial charge on any atom is -0.350 e. The van der Waals surface area contributed by atoms with Crippen LogP contribution in [0.25, 0.3) is 0 Å². The first-order valence-corrected chi connectivity index (χ1v) is 8.26. The summed E-state index contributed by atoms with van der Waals surface area (Å²) in [5.74, 6) is -0.00491. The maximum Gasteiger partial charge on any atom is 0.240 e. The van der Waals surface area contributed by atoms with Crippen molar-refractivity contribution in [2.45, 2.75) is 64.2 Å². The molecule has 1 aromatic rings. The van der Waals surface area contributed by atoms with Gasteiger partial charge in [-0.2, -0.15) is 0 Å². The lowest BCUT2D eigenvalue weighted by molar-refractivity contribution is -0.126. The molecule has 0 radical (unpaired) electrons. The number of halogens is 2. The van der Waals surface area contributed by atoms with Crippen LogP contribution in [0.5, 0.6) is 0 Å². The first-order valence-electron chi connectivity index (χ1n) is 8.26. The van der Waals surface area contributed by atoms with Crippen molar-refractivity contribution in [3.05, 3.63) is 35.4 Å². The van der Waals surface area contributed by atoms with E-state index in [-0.39, 0.29) is 30.7 Å². The predicted molar refractivity (Wildman–Crippen MR) is 105 cm³/mol. The molecule has 0 aliphatic heterocycles. The summed E-state index contributed by atoms with van der Waals surface area (Å²) in [5.41, 5.74) is 7.93. The lowest BCUT2D eigenvalue weighted by atomic mass is 9.98. The third kappa shape index (κ3) is 6.25. The standard InChI is InChI=1S/C18H29N3O.2ClH/c1-14(2)21(3)13-16-8-6-7-15(11-16)12-20-17(22)18(19)9-4-5-10-18;;/h6-8,11,14H,4-5,9-10,12-13,19H2,1-3H3,(H,20,22);2*1H. The molecule has 1 amide bonds. The zero-order valence-corrected chi connectivity index (χ0v) is 16.5. The molecule has 138 valence electrons. The van der Waals surface area contributed by atoms with Crippen LogP contribution in [0.15, 0.2) is 24.3 Å². The van der Waals surface area contributed by atoms with Gasteiger partial charge in [0.2, 0.25) is 5.91 Å². The molecule has 1 aliphatic carbocycles. The normalized spacial score (nSPS) is 15.8. The first-order chi connectivity index (χ1) is 10.4. The van der Waals surface area contributed by atoms with Crippen molar-refractivity contribution < 1.29 is 4.79 Å². The highest BCUT2D eigenvalue weighted by molar-refractivity contribution is 5.86. The molecule has 3 N–H and O–H groups in total. The summed E-state index contributed by atoms with van der Waals surface area (Å²) in [6, 6.07) is 8.92. The molecule has 0 aromatic heterocycles. The summed E-state index contributed by atoms with van der Waals surface area (Å²) in [7, 11) is 2.12. The molecule has 0 bridgehead atoms. The summed E-state index contributed by atoms with van der Waals surface area (Å²) in [6.07, 6.45) is 3.72. The van der Waals surface area contributed by atoms with Crippen LogP contribution in [0.2, 0.25) is 0 Å². The quantitative estimate of drug-likeness (QED) is 0.801. The Bertz CT molecular complexity index is 517. The van der Waals surface area contributed by atoms with E-state index in [2.05, 4.69) is 55.4 Å². The lowest BCUT2D eigenvalue weighted by Gasteiger charge is -2.23. The third-order valence-electron chi connectivity index (χ3n) is 4.71. The Morgan fingerprint density at radius 2 is 1.83 bits per heavy atom. The van der Waals surface area contributed by atoms with E-state index in [1.807, 2.05) is 0 Å². The minimum absolute atomic E-state index is 0. The first kappa shape index (κ1) is 23.2. The Hall–Kier alpha value is -0.810. The van der Waals surface area contributed by atoms with Gasteiger partial charge in [-0.05, 0) is 44.9 Å². The molecule has 1 aromatic carbocycles. The number of nitrogens with zero attached hydrogens (tertiary/aromatic N) is 1. The number of hydrogen-bond donors (Lipinski definition) is 2. The number of amides is 1. The zero-order chi connectivity index (χ0) is 16.2. The number of carbonyl (C=O) groups is 1. The Kier molecular flexibility index (Phi) is 9.90. The van der Waals surface area contributed by atoms with Gasteiger partial charge >= 0.3 is 0 Å². The van der Waals surface area contributed by atoms with Crippen LogP contribution in [0.1, 0.15) is 50.7 Å². The van der Waals surface area contributed by atoms with Crippen molar-refractivity contribution in [2.75, 3.05) is 7.05 Å². The Morgan fingerprint density at radius 1 is 1.25 bits per heavy atom. The van der Waals surface area contributed by atoms with E-state index in [0.29, 0.717) is 12.6 Å². The topological polar surface area (TPSA) is 58.4 Å². The Labute approximate surface area is 158 Å². The van der Waals surface area contributed by atoms with Crippen LogP contribution >= 0.6 is 24.8 Å². The van der Waals surface area contributed by atoms with Crippen molar-refractivity contribution in [1.82, 2.24) is 10.2 Å². The van der Waals surface area contributed by atoms with Gasteiger partial charge in [0.25, 0.3) is 0 Å². The van der Waals surface area contributed by atoms with Crippen LogP contribution in [-0.2, 0) is 17.9 Å². The van der Waals surface area contributed by atoms with E-state index >= 15 is 0 Å². The highest BCUT2D eigenvalue weighted by atomic mass is 35.5. The van der Waals surface area contributed by atoms with Crippen LogP contribution in [0.4, 0.5) is 0 Å². The van der Waals surface area contributed by atoms with Gasteiger partial charge in [-0.15, -0.1) is 24.8 Å². The fraction of sp³-hybridized carbons (Fsp3) is 0.611. The number of hydrogen-bond acceptors (Lipinski definition) is 3. The molecule has 1 fully saturated rings. The van der Waals surface area contributed by atoms with Gasteiger partial charge in [-0.3, -0.25) is 9.69 Å². The van der Waals surface area contributed by atoms with Crippen LogP contribution in [0, 0.1) is 0 Å². The molecule has 6 heteroatoms. The minimum atomic E-state index is -0.643. The molecular formula is C18H31Cl2N3O. The van der Waals surface area contributed by atoms with E-state index in [9.17, 15) is 4.79 Å². The average molecular weight is 376 g/mol. The third-order valence-corrected chi connectivity index (χ3v) is 4.71.